The molecule has 3 rings (SSSR count). The minimum Gasteiger partial charge on any atom is -0.335 e. The highest BCUT2D eigenvalue weighted by atomic mass is 79.9. The molecule has 148 valence electrons. The second-order valence-corrected chi connectivity index (χ2v) is 8.11. The first-order valence-electron chi connectivity index (χ1n) is 9.22. The van der Waals surface area contributed by atoms with Crippen molar-refractivity contribution < 1.29 is 9.59 Å². The fourth-order valence-electron chi connectivity index (χ4n) is 3.38. The Balaban J connectivity index is 1.56. The summed E-state index contributed by atoms with van der Waals surface area (Å²) in [7, 11) is 1.65. The summed E-state index contributed by atoms with van der Waals surface area (Å²) in [6, 6.07) is 13.6. The van der Waals surface area contributed by atoms with Crippen LogP contribution in [0.2, 0.25) is 0 Å². The molecule has 1 aliphatic heterocycles. The number of rotatable bonds is 5. The van der Waals surface area contributed by atoms with Crippen molar-refractivity contribution in [3.05, 3.63) is 63.6 Å². The highest BCUT2D eigenvalue weighted by molar-refractivity contribution is 9.10. The number of para-hydroxylation sites is 1. The molecule has 2 unspecified atom stereocenters. The maximum Gasteiger partial charge on any atom is 0.243 e. The zero-order valence-electron chi connectivity index (χ0n) is 16.3. The van der Waals surface area contributed by atoms with Crippen molar-refractivity contribution in [3.8, 4) is 0 Å². The van der Waals surface area contributed by atoms with Gasteiger partial charge in [-0.2, -0.15) is 0 Å². The molecule has 0 saturated carbocycles. The number of nitrogens with one attached hydrogen (secondary N) is 3. The number of hydrogen-bond donors (Lipinski definition) is 3. The number of nitrogens with zero attached hydrogens (tertiary/aromatic N) is 1. The second kappa shape index (κ2) is 8.86. The first-order valence-corrected chi connectivity index (χ1v) is 10.0. The van der Waals surface area contributed by atoms with E-state index < -0.39 is 0 Å². The third kappa shape index (κ3) is 4.79. The summed E-state index contributed by atoms with van der Waals surface area (Å²) >= 11 is 3.43. The summed E-state index contributed by atoms with van der Waals surface area (Å²) in [6.07, 6.45) is 0.628. The van der Waals surface area contributed by atoms with Crippen molar-refractivity contribution >= 4 is 33.4 Å². The SMILES string of the molecule is Cc1cccc(C)c1NC(=O)CN(C)C(=O)C1CC(c2ccc(Br)cc2)NN1. The molecule has 6 nitrogen and oxygen atoms in total. The van der Waals surface area contributed by atoms with E-state index in [1.807, 2.05) is 56.3 Å². The lowest BCUT2D eigenvalue weighted by Gasteiger charge is -2.21. The Bertz CT molecular complexity index is 849. The van der Waals surface area contributed by atoms with E-state index in [4.69, 9.17) is 0 Å². The highest BCUT2D eigenvalue weighted by Crippen LogP contribution is 2.24. The monoisotopic (exact) mass is 444 g/mol. The fourth-order valence-corrected chi connectivity index (χ4v) is 3.65. The molecule has 1 saturated heterocycles. The van der Waals surface area contributed by atoms with Crippen LogP contribution in [-0.4, -0.2) is 36.3 Å². The van der Waals surface area contributed by atoms with Gasteiger partial charge in [-0.1, -0.05) is 46.3 Å². The smallest absolute Gasteiger partial charge is 0.243 e. The summed E-state index contributed by atoms with van der Waals surface area (Å²) in [5.74, 6) is -0.313. The molecule has 0 radical (unpaired) electrons. The Hall–Kier alpha value is -2.22. The Morgan fingerprint density at radius 2 is 1.75 bits per heavy atom. The molecule has 2 aromatic carbocycles. The van der Waals surface area contributed by atoms with E-state index in [0.717, 1.165) is 26.9 Å². The average molecular weight is 445 g/mol. The number of likely N-dealkylation sites (N-methyl/N-ethyl adjacent to an activating group) is 1. The number of amides is 2. The molecule has 1 fully saturated rings. The minimum absolute atomic E-state index is 0.00768. The zero-order valence-corrected chi connectivity index (χ0v) is 17.8. The van der Waals surface area contributed by atoms with Gasteiger partial charge >= 0.3 is 0 Å². The molecule has 0 aliphatic carbocycles. The number of carbonyl (C=O) groups excluding carboxylic acids is 2. The van der Waals surface area contributed by atoms with Crippen LogP contribution in [0.5, 0.6) is 0 Å². The van der Waals surface area contributed by atoms with Gasteiger partial charge in [-0.25, -0.2) is 10.9 Å². The predicted octanol–water partition coefficient (Wildman–Crippen LogP) is 3.07. The third-order valence-electron chi connectivity index (χ3n) is 4.98. The molecule has 1 heterocycles. The number of anilines is 1. The van der Waals surface area contributed by atoms with Crippen molar-refractivity contribution in [1.82, 2.24) is 15.8 Å². The van der Waals surface area contributed by atoms with E-state index in [-0.39, 0.29) is 30.4 Å². The van der Waals surface area contributed by atoms with Gasteiger partial charge in [0.25, 0.3) is 0 Å². The Labute approximate surface area is 173 Å². The highest BCUT2D eigenvalue weighted by Gasteiger charge is 2.32. The van der Waals surface area contributed by atoms with Gasteiger partial charge in [0.05, 0.1) is 6.54 Å². The standard InChI is InChI=1S/C21H25BrN4O2/c1-13-5-4-6-14(2)20(13)23-19(27)12-26(3)21(28)18-11-17(24-25-18)15-7-9-16(22)10-8-15/h4-10,17-18,24-25H,11-12H2,1-3H3,(H,23,27). The largest absolute Gasteiger partial charge is 0.335 e. The normalized spacial score (nSPS) is 18.7. The molecule has 0 aromatic heterocycles. The number of aryl methyl sites for hydroxylation is 2. The molecule has 3 N–H and O–H groups in total. The van der Waals surface area contributed by atoms with Crippen LogP contribution in [0.15, 0.2) is 46.9 Å². The summed E-state index contributed by atoms with van der Waals surface area (Å²) in [5.41, 5.74) is 10.2. The first-order chi connectivity index (χ1) is 13.3. The molecular formula is C21H25BrN4O2. The summed E-state index contributed by atoms with van der Waals surface area (Å²) < 4.78 is 1.02. The predicted molar refractivity (Wildman–Crippen MR) is 114 cm³/mol. The van der Waals surface area contributed by atoms with Crippen LogP contribution >= 0.6 is 15.9 Å². The van der Waals surface area contributed by atoms with Crippen molar-refractivity contribution in [1.29, 1.82) is 0 Å². The van der Waals surface area contributed by atoms with Crippen molar-refractivity contribution in [3.63, 3.8) is 0 Å². The molecule has 2 aromatic rings. The molecule has 28 heavy (non-hydrogen) atoms. The van der Waals surface area contributed by atoms with Gasteiger partial charge in [0.1, 0.15) is 6.04 Å². The van der Waals surface area contributed by atoms with Crippen LogP contribution in [0.1, 0.15) is 29.2 Å². The summed E-state index contributed by atoms with van der Waals surface area (Å²) in [6.45, 7) is 3.91. The number of carbonyl (C=O) groups is 2. The molecule has 7 heteroatoms. The zero-order chi connectivity index (χ0) is 20.3. The number of hydrogen-bond acceptors (Lipinski definition) is 4. The third-order valence-corrected chi connectivity index (χ3v) is 5.50. The molecule has 2 amide bonds. The topological polar surface area (TPSA) is 73.5 Å². The van der Waals surface area contributed by atoms with Gasteiger partial charge in [0, 0.05) is 23.2 Å². The van der Waals surface area contributed by atoms with Gasteiger partial charge < -0.3 is 10.2 Å². The molecule has 0 bridgehead atoms. The fraction of sp³-hybridized carbons (Fsp3) is 0.333. The second-order valence-electron chi connectivity index (χ2n) is 7.19. The van der Waals surface area contributed by atoms with E-state index in [0.29, 0.717) is 6.42 Å². The number of benzene rings is 2. The lowest BCUT2D eigenvalue weighted by Crippen LogP contribution is -2.46. The van der Waals surface area contributed by atoms with Crippen molar-refractivity contribution in [2.45, 2.75) is 32.4 Å². The van der Waals surface area contributed by atoms with Crippen LogP contribution < -0.4 is 16.2 Å². The summed E-state index contributed by atoms with van der Waals surface area (Å²) in [4.78, 5) is 26.6. The van der Waals surface area contributed by atoms with Crippen molar-refractivity contribution in [2.24, 2.45) is 0 Å². The average Bonchev–Trinajstić information content (AvgIpc) is 3.15. The summed E-state index contributed by atoms with van der Waals surface area (Å²) in [5, 5.41) is 2.92. The Kier molecular flexibility index (Phi) is 6.49. The van der Waals surface area contributed by atoms with Gasteiger partial charge in [0.2, 0.25) is 11.8 Å². The van der Waals surface area contributed by atoms with Gasteiger partial charge in [0.15, 0.2) is 0 Å². The van der Waals surface area contributed by atoms with E-state index in [2.05, 4.69) is 32.1 Å². The van der Waals surface area contributed by atoms with Crippen LogP contribution in [0.3, 0.4) is 0 Å². The lowest BCUT2D eigenvalue weighted by molar-refractivity contribution is -0.134. The number of hydrazine groups is 1. The van der Waals surface area contributed by atoms with Gasteiger partial charge in [-0.15, -0.1) is 0 Å². The maximum absolute atomic E-state index is 12.7. The van der Waals surface area contributed by atoms with E-state index in [1.54, 1.807) is 7.05 Å². The molecular weight excluding hydrogens is 420 g/mol. The van der Waals surface area contributed by atoms with Crippen LogP contribution in [0.4, 0.5) is 5.69 Å². The van der Waals surface area contributed by atoms with Gasteiger partial charge in [-0.05, 0) is 49.1 Å². The van der Waals surface area contributed by atoms with Crippen LogP contribution in [0, 0.1) is 13.8 Å². The molecule has 0 spiro atoms. The Morgan fingerprint density at radius 1 is 1.11 bits per heavy atom. The van der Waals surface area contributed by atoms with Crippen molar-refractivity contribution in [2.75, 3.05) is 18.9 Å². The Morgan fingerprint density at radius 3 is 2.39 bits per heavy atom. The number of halogens is 1. The maximum atomic E-state index is 12.7. The van der Waals surface area contributed by atoms with E-state index in [9.17, 15) is 9.59 Å². The molecule has 1 aliphatic rings. The molecule has 2 atom stereocenters. The lowest BCUT2D eigenvalue weighted by atomic mass is 10.0. The quantitative estimate of drug-likeness (QED) is 0.662. The van der Waals surface area contributed by atoms with Crippen LogP contribution in [-0.2, 0) is 9.59 Å². The van der Waals surface area contributed by atoms with E-state index >= 15 is 0 Å². The van der Waals surface area contributed by atoms with E-state index in [1.165, 1.54) is 4.90 Å². The first kappa shape index (κ1) is 20.5. The van der Waals surface area contributed by atoms with Gasteiger partial charge in [-0.3, -0.25) is 9.59 Å². The van der Waals surface area contributed by atoms with Crippen LogP contribution in [0.25, 0.3) is 0 Å². The minimum atomic E-state index is -0.369.